The van der Waals surface area contributed by atoms with Gasteiger partial charge in [-0.05, 0) is 65.2 Å². The third-order valence-corrected chi connectivity index (χ3v) is 8.51. The number of benzene rings is 2. The van der Waals surface area contributed by atoms with Crippen LogP contribution in [0, 0.1) is 12.8 Å². The second-order valence-electron chi connectivity index (χ2n) is 9.44. The van der Waals surface area contributed by atoms with E-state index in [2.05, 4.69) is 6.58 Å². The number of aryl methyl sites for hydroxylation is 2. The van der Waals surface area contributed by atoms with Crippen molar-refractivity contribution in [2.45, 2.75) is 52.4 Å². The maximum atomic E-state index is 14.0. The molecule has 3 rings (SSSR count). The predicted octanol–water partition coefficient (Wildman–Crippen LogP) is 5.33. The van der Waals surface area contributed by atoms with Gasteiger partial charge in [0.15, 0.2) is 0 Å². The Labute approximate surface area is 237 Å². The molecule has 0 amide bonds. The monoisotopic (exact) mass is 566 g/mol. The highest BCUT2D eigenvalue weighted by atomic mass is 32.2. The average molecular weight is 567 g/mol. The van der Waals surface area contributed by atoms with Crippen LogP contribution in [-0.4, -0.2) is 49.5 Å². The van der Waals surface area contributed by atoms with Gasteiger partial charge in [-0.15, -0.1) is 11.0 Å². The lowest BCUT2D eigenvalue weighted by Crippen LogP contribution is -2.48. The topological polar surface area (TPSA) is 93.2 Å². The lowest BCUT2D eigenvalue weighted by atomic mass is 9.81. The molecular formula is C31H38N2O6S. The zero-order valence-corrected chi connectivity index (χ0v) is 24.7. The normalized spacial score (nSPS) is 14.5. The second-order valence-corrected chi connectivity index (χ2v) is 11.3. The fourth-order valence-electron chi connectivity index (χ4n) is 4.93. The number of allylic oxidation sites excluding steroid dienone is 2. The fourth-order valence-corrected chi connectivity index (χ4v) is 6.42. The molecule has 2 aromatic carbocycles. The van der Waals surface area contributed by atoms with Crippen molar-refractivity contribution in [1.82, 2.24) is 9.42 Å². The van der Waals surface area contributed by atoms with Crippen molar-refractivity contribution < 1.29 is 27.5 Å². The molecule has 0 saturated carbocycles. The summed E-state index contributed by atoms with van der Waals surface area (Å²) in [6.45, 7) is 12.5. The van der Waals surface area contributed by atoms with E-state index in [1.54, 1.807) is 39.8 Å². The first kappa shape index (κ1) is 30.8. The van der Waals surface area contributed by atoms with Crippen LogP contribution < -0.4 is 0 Å². The van der Waals surface area contributed by atoms with E-state index >= 15 is 0 Å². The lowest BCUT2D eigenvalue weighted by molar-refractivity contribution is -0.140. The van der Waals surface area contributed by atoms with E-state index in [1.165, 1.54) is 23.2 Å². The van der Waals surface area contributed by atoms with Crippen LogP contribution in [0.3, 0.4) is 0 Å². The molecule has 1 heterocycles. The van der Waals surface area contributed by atoms with Crippen LogP contribution in [0.1, 0.15) is 45.2 Å². The van der Waals surface area contributed by atoms with Crippen LogP contribution in [0.5, 0.6) is 0 Å². The summed E-state index contributed by atoms with van der Waals surface area (Å²) in [5.74, 6) is -1.88. The Morgan fingerprint density at radius 3 is 1.90 bits per heavy atom. The van der Waals surface area contributed by atoms with Gasteiger partial charge >= 0.3 is 11.9 Å². The van der Waals surface area contributed by atoms with Crippen LogP contribution in [-0.2, 0) is 35.5 Å². The molecule has 0 unspecified atom stereocenters. The number of ether oxygens (including phenoxy) is 2. The number of hydrogen-bond acceptors (Lipinski definition) is 7. The molecule has 1 aliphatic rings. The molecule has 2 aromatic rings. The highest BCUT2D eigenvalue weighted by molar-refractivity contribution is 7.89. The Bertz CT molecular complexity index is 1350. The summed E-state index contributed by atoms with van der Waals surface area (Å²) in [5.41, 5.74) is 3.12. The number of hydrogen-bond donors (Lipinski definition) is 0. The average Bonchev–Trinajstić information content (AvgIpc) is 2.92. The first-order valence-corrected chi connectivity index (χ1v) is 14.8. The maximum Gasteiger partial charge on any atom is 0.336 e. The van der Waals surface area contributed by atoms with E-state index in [0.29, 0.717) is 24.2 Å². The minimum Gasteiger partial charge on any atom is -0.463 e. The summed E-state index contributed by atoms with van der Waals surface area (Å²) < 4.78 is 40.0. The van der Waals surface area contributed by atoms with Gasteiger partial charge in [-0.25, -0.2) is 18.0 Å². The van der Waals surface area contributed by atoms with Gasteiger partial charge in [-0.3, -0.25) is 5.01 Å². The maximum absolute atomic E-state index is 14.0. The molecule has 0 atom stereocenters. The number of hydrazine groups is 1. The summed E-state index contributed by atoms with van der Waals surface area (Å²) in [6, 6.07) is 16.2. The van der Waals surface area contributed by atoms with Gasteiger partial charge < -0.3 is 9.47 Å². The Kier molecular flexibility index (Phi) is 10.5. The molecule has 40 heavy (non-hydrogen) atoms. The van der Waals surface area contributed by atoms with Crippen molar-refractivity contribution in [3.05, 3.63) is 101 Å². The van der Waals surface area contributed by atoms with Gasteiger partial charge in [0.2, 0.25) is 0 Å². The molecular weight excluding hydrogens is 528 g/mol. The first-order chi connectivity index (χ1) is 19.1. The number of sulfonamides is 1. The van der Waals surface area contributed by atoms with Crippen LogP contribution >= 0.6 is 0 Å². The van der Waals surface area contributed by atoms with E-state index < -0.39 is 27.9 Å². The van der Waals surface area contributed by atoms with Gasteiger partial charge in [0.05, 0.1) is 35.8 Å². The van der Waals surface area contributed by atoms with Crippen molar-refractivity contribution in [3.63, 3.8) is 0 Å². The van der Waals surface area contributed by atoms with Crippen LogP contribution in [0.2, 0.25) is 0 Å². The molecule has 8 nitrogen and oxygen atoms in total. The SMILES string of the molecule is C=CCN(N1C(C)=C(C(=O)OCC)C(CCc2ccccc2)C(C(=O)OCC)=C1C)S(=O)(=O)c1ccc(C)cc1. The molecule has 0 N–H and O–H groups in total. The van der Waals surface area contributed by atoms with Gasteiger partial charge in [0.25, 0.3) is 10.0 Å². The molecule has 0 aromatic heterocycles. The standard InChI is InChI=1S/C31H38N2O6S/c1-7-21-32(40(36,37)26-18-15-22(4)16-19-26)33-23(5)28(30(34)38-8-2)27(20-17-25-13-11-10-12-14-25)29(24(33)6)31(35)39-9-3/h7,10-16,18-19,27H,1,8-9,17,20-21H2,2-6H3. The molecule has 0 radical (unpaired) electrons. The minimum absolute atomic E-state index is 0.0714. The lowest BCUT2D eigenvalue weighted by Gasteiger charge is -2.42. The number of rotatable bonds is 12. The van der Waals surface area contributed by atoms with Gasteiger partial charge in [0, 0.05) is 17.3 Å². The zero-order valence-electron chi connectivity index (χ0n) is 23.8. The molecule has 0 saturated heterocycles. The zero-order chi connectivity index (χ0) is 29.4. The second kappa shape index (κ2) is 13.6. The van der Waals surface area contributed by atoms with Crippen molar-refractivity contribution in [1.29, 1.82) is 0 Å². The molecule has 9 heteroatoms. The molecule has 214 valence electrons. The summed E-state index contributed by atoms with van der Waals surface area (Å²) in [5, 5.41) is 1.41. The first-order valence-electron chi connectivity index (χ1n) is 13.4. The Balaban J connectivity index is 2.25. The quantitative estimate of drug-likeness (QED) is 0.253. The highest BCUT2D eigenvalue weighted by Gasteiger charge is 2.43. The van der Waals surface area contributed by atoms with E-state index in [4.69, 9.17) is 9.47 Å². The highest BCUT2D eigenvalue weighted by Crippen LogP contribution is 2.41. The van der Waals surface area contributed by atoms with Gasteiger partial charge in [-0.1, -0.05) is 54.1 Å². The van der Waals surface area contributed by atoms with Crippen molar-refractivity contribution in [3.8, 4) is 0 Å². The van der Waals surface area contributed by atoms with Crippen molar-refractivity contribution >= 4 is 22.0 Å². The molecule has 0 bridgehead atoms. The number of esters is 2. The number of carbonyl (C=O) groups excluding carboxylic acids is 2. The number of carbonyl (C=O) groups is 2. The number of nitrogens with zero attached hydrogens (tertiary/aromatic N) is 2. The van der Waals surface area contributed by atoms with E-state index in [1.807, 2.05) is 37.3 Å². The van der Waals surface area contributed by atoms with E-state index in [0.717, 1.165) is 15.5 Å². The largest absolute Gasteiger partial charge is 0.463 e. The summed E-state index contributed by atoms with van der Waals surface area (Å²) in [6.07, 6.45) is 2.46. The van der Waals surface area contributed by atoms with E-state index in [9.17, 15) is 18.0 Å². The summed E-state index contributed by atoms with van der Waals surface area (Å²) >= 11 is 0. The third kappa shape index (κ3) is 6.54. The Morgan fingerprint density at radius 2 is 1.43 bits per heavy atom. The molecule has 1 aliphatic heterocycles. The predicted molar refractivity (Wildman–Crippen MR) is 154 cm³/mol. The van der Waals surface area contributed by atoms with Crippen LogP contribution in [0.25, 0.3) is 0 Å². The van der Waals surface area contributed by atoms with Crippen molar-refractivity contribution in [2.75, 3.05) is 19.8 Å². The van der Waals surface area contributed by atoms with Gasteiger partial charge in [-0.2, -0.15) is 0 Å². The van der Waals surface area contributed by atoms with Crippen LogP contribution in [0.15, 0.2) is 94.7 Å². The summed E-state index contributed by atoms with van der Waals surface area (Å²) in [4.78, 5) is 27.0. The van der Waals surface area contributed by atoms with Gasteiger partial charge in [0.1, 0.15) is 0 Å². The molecule has 0 aliphatic carbocycles. The Morgan fingerprint density at radius 1 is 0.900 bits per heavy atom. The van der Waals surface area contributed by atoms with Crippen molar-refractivity contribution in [2.24, 2.45) is 5.92 Å². The molecule has 0 spiro atoms. The minimum atomic E-state index is -4.13. The van der Waals surface area contributed by atoms with E-state index in [-0.39, 0.29) is 35.8 Å². The smallest absolute Gasteiger partial charge is 0.336 e. The Hall–Kier alpha value is -3.69. The molecule has 0 fully saturated rings. The third-order valence-electron chi connectivity index (χ3n) is 6.77. The van der Waals surface area contributed by atoms with Crippen LogP contribution in [0.4, 0.5) is 0 Å². The fraction of sp³-hybridized carbons (Fsp3) is 0.355. The summed E-state index contributed by atoms with van der Waals surface area (Å²) in [7, 11) is -4.13.